The largest absolute Gasteiger partial charge is 0.496 e. The number of amides is 1. The molecule has 0 bridgehead atoms. The number of ketones is 1. The van der Waals surface area contributed by atoms with Crippen LogP contribution in [0.4, 0.5) is 5.69 Å². The van der Waals surface area contributed by atoms with Crippen molar-refractivity contribution in [1.29, 1.82) is 0 Å². The summed E-state index contributed by atoms with van der Waals surface area (Å²) in [6.45, 7) is 3.30. The van der Waals surface area contributed by atoms with Crippen molar-refractivity contribution < 1.29 is 18.7 Å². The molecule has 4 aromatic rings. The molecule has 1 amide bonds. The van der Waals surface area contributed by atoms with E-state index in [2.05, 4.69) is 5.32 Å². The van der Waals surface area contributed by atoms with Crippen LogP contribution in [-0.2, 0) is 4.79 Å². The first-order chi connectivity index (χ1) is 16.3. The molecule has 0 aliphatic carbocycles. The Hall–Kier alpha value is -3.54. The molecule has 1 heterocycles. The molecule has 3 aromatic carbocycles. The minimum atomic E-state index is -0.325. The van der Waals surface area contributed by atoms with Gasteiger partial charge < -0.3 is 14.5 Å². The Labute approximate surface area is 206 Å². The second kappa shape index (κ2) is 9.75. The standard InChI is InChI=1S/C27H21Cl2NO4/c1-15(9-27(32)30-19-6-4-5-17(10-19)16(2)31)21-12-22-23(14-34-26(22)13-25(21)33-3)20-8-7-18(28)11-24(20)29/h4-14H,1-3H3,(H,30,32)/b15-9+. The molecule has 0 radical (unpaired) electrons. The van der Waals surface area contributed by atoms with E-state index >= 15 is 0 Å². The number of carbonyl (C=O) groups is 2. The lowest BCUT2D eigenvalue weighted by Crippen LogP contribution is -2.09. The van der Waals surface area contributed by atoms with Gasteiger partial charge in [0.2, 0.25) is 5.91 Å². The molecule has 7 heteroatoms. The van der Waals surface area contributed by atoms with Crippen molar-refractivity contribution in [3.05, 3.63) is 88.1 Å². The van der Waals surface area contributed by atoms with Gasteiger partial charge in [0.05, 0.1) is 18.4 Å². The molecule has 34 heavy (non-hydrogen) atoms. The van der Waals surface area contributed by atoms with E-state index in [9.17, 15) is 9.59 Å². The van der Waals surface area contributed by atoms with Gasteiger partial charge in [-0.05, 0) is 49.8 Å². The van der Waals surface area contributed by atoms with Crippen LogP contribution in [0.3, 0.4) is 0 Å². The smallest absolute Gasteiger partial charge is 0.248 e. The van der Waals surface area contributed by atoms with Gasteiger partial charge in [0, 0.05) is 50.5 Å². The van der Waals surface area contributed by atoms with Crippen LogP contribution < -0.4 is 10.1 Å². The maximum Gasteiger partial charge on any atom is 0.248 e. The molecule has 1 aromatic heterocycles. The Morgan fingerprint density at radius 2 is 1.79 bits per heavy atom. The van der Waals surface area contributed by atoms with Crippen LogP contribution in [0.1, 0.15) is 29.8 Å². The van der Waals surface area contributed by atoms with Crippen LogP contribution in [0.25, 0.3) is 27.7 Å². The van der Waals surface area contributed by atoms with Crippen molar-refractivity contribution in [1.82, 2.24) is 0 Å². The fourth-order valence-corrected chi connectivity index (χ4v) is 4.23. The maximum absolute atomic E-state index is 12.7. The van der Waals surface area contributed by atoms with Crippen molar-refractivity contribution in [2.45, 2.75) is 13.8 Å². The van der Waals surface area contributed by atoms with E-state index in [1.807, 2.05) is 19.1 Å². The van der Waals surface area contributed by atoms with Crippen LogP contribution >= 0.6 is 23.2 Å². The third-order valence-corrected chi connectivity index (χ3v) is 5.97. The van der Waals surface area contributed by atoms with Gasteiger partial charge >= 0.3 is 0 Å². The molecule has 0 unspecified atom stereocenters. The number of fused-ring (bicyclic) bond motifs is 1. The molecule has 0 saturated carbocycles. The number of benzene rings is 3. The molecule has 0 atom stereocenters. The molecular formula is C27H21Cl2NO4. The van der Waals surface area contributed by atoms with Gasteiger partial charge in [-0.2, -0.15) is 0 Å². The number of anilines is 1. The van der Waals surface area contributed by atoms with Crippen LogP contribution in [0.15, 0.2) is 71.4 Å². The number of methoxy groups -OCH3 is 1. The fourth-order valence-electron chi connectivity index (χ4n) is 3.72. The van der Waals surface area contributed by atoms with Gasteiger partial charge in [-0.25, -0.2) is 0 Å². The second-order valence-corrected chi connectivity index (χ2v) is 8.62. The minimum Gasteiger partial charge on any atom is -0.496 e. The predicted octanol–water partition coefficient (Wildman–Crippen LogP) is 7.66. The number of halogens is 2. The highest BCUT2D eigenvalue weighted by atomic mass is 35.5. The van der Waals surface area contributed by atoms with Crippen molar-refractivity contribution in [3.63, 3.8) is 0 Å². The van der Waals surface area contributed by atoms with Crippen molar-refractivity contribution >= 4 is 57.1 Å². The Morgan fingerprint density at radius 1 is 1.00 bits per heavy atom. The molecular weight excluding hydrogens is 473 g/mol. The maximum atomic E-state index is 12.7. The van der Waals surface area contributed by atoms with Gasteiger partial charge in [-0.15, -0.1) is 0 Å². The summed E-state index contributed by atoms with van der Waals surface area (Å²) in [6.07, 6.45) is 3.12. The van der Waals surface area contributed by atoms with Gasteiger partial charge in [0.1, 0.15) is 11.3 Å². The van der Waals surface area contributed by atoms with Gasteiger partial charge in [0.25, 0.3) is 0 Å². The van der Waals surface area contributed by atoms with E-state index in [0.29, 0.717) is 38.2 Å². The highest BCUT2D eigenvalue weighted by Crippen LogP contribution is 2.40. The summed E-state index contributed by atoms with van der Waals surface area (Å²) in [5.74, 6) is 0.168. The first kappa shape index (κ1) is 23.6. The van der Waals surface area contributed by atoms with Crippen LogP contribution in [0, 0.1) is 0 Å². The highest BCUT2D eigenvalue weighted by molar-refractivity contribution is 6.36. The second-order valence-electron chi connectivity index (χ2n) is 7.78. The summed E-state index contributed by atoms with van der Waals surface area (Å²) in [4.78, 5) is 24.3. The summed E-state index contributed by atoms with van der Waals surface area (Å²) in [5, 5.41) is 4.67. The monoisotopic (exact) mass is 493 g/mol. The number of hydrogen-bond donors (Lipinski definition) is 1. The Morgan fingerprint density at radius 3 is 2.50 bits per heavy atom. The number of hydrogen-bond acceptors (Lipinski definition) is 4. The van der Waals surface area contributed by atoms with E-state index < -0.39 is 0 Å². The summed E-state index contributed by atoms with van der Waals surface area (Å²) >= 11 is 12.5. The number of furan rings is 1. The van der Waals surface area contributed by atoms with Gasteiger partial charge in [-0.1, -0.05) is 41.4 Å². The molecule has 172 valence electrons. The topological polar surface area (TPSA) is 68.5 Å². The summed E-state index contributed by atoms with van der Waals surface area (Å²) in [6, 6.07) is 15.8. The van der Waals surface area contributed by atoms with E-state index in [0.717, 1.165) is 22.1 Å². The Balaban J connectivity index is 1.71. The summed E-state index contributed by atoms with van der Waals surface area (Å²) in [7, 11) is 1.56. The molecule has 5 nitrogen and oxygen atoms in total. The van der Waals surface area contributed by atoms with Crippen LogP contribution in [0.2, 0.25) is 10.0 Å². The zero-order chi connectivity index (χ0) is 24.4. The highest BCUT2D eigenvalue weighted by Gasteiger charge is 2.16. The van der Waals surface area contributed by atoms with E-state index in [1.165, 1.54) is 13.0 Å². The average Bonchev–Trinajstić information content (AvgIpc) is 3.20. The van der Waals surface area contributed by atoms with Crippen molar-refractivity contribution in [2.24, 2.45) is 0 Å². The normalized spacial score (nSPS) is 11.5. The summed E-state index contributed by atoms with van der Waals surface area (Å²) < 4.78 is 11.3. The quantitative estimate of drug-likeness (QED) is 0.221. The van der Waals surface area contributed by atoms with Crippen molar-refractivity contribution in [2.75, 3.05) is 12.4 Å². The number of ether oxygens (including phenoxy) is 1. The molecule has 0 fully saturated rings. The Bertz CT molecular complexity index is 1450. The SMILES string of the molecule is COc1cc2occ(-c3ccc(Cl)cc3Cl)c2cc1/C(C)=C/C(=O)Nc1cccc(C(C)=O)c1. The average molecular weight is 494 g/mol. The number of allylic oxidation sites excluding steroid dienone is 1. The van der Waals surface area contributed by atoms with E-state index in [1.54, 1.807) is 55.8 Å². The molecule has 0 saturated heterocycles. The first-order valence-electron chi connectivity index (χ1n) is 10.4. The lowest BCUT2D eigenvalue weighted by Gasteiger charge is -2.11. The van der Waals surface area contributed by atoms with Gasteiger partial charge in [-0.3, -0.25) is 9.59 Å². The number of carbonyl (C=O) groups excluding carboxylic acids is 2. The zero-order valence-corrected chi connectivity index (χ0v) is 20.3. The number of Topliss-reactive ketones (excluding diaryl/α,β-unsaturated/α-hetero) is 1. The first-order valence-corrected chi connectivity index (χ1v) is 11.2. The van der Waals surface area contributed by atoms with E-state index in [4.69, 9.17) is 32.4 Å². The van der Waals surface area contributed by atoms with E-state index in [-0.39, 0.29) is 11.7 Å². The third kappa shape index (κ3) is 4.86. The summed E-state index contributed by atoms with van der Waals surface area (Å²) in [5.41, 5.74) is 4.70. The molecule has 0 aliphatic heterocycles. The lowest BCUT2D eigenvalue weighted by molar-refractivity contribution is -0.111. The Kier molecular flexibility index (Phi) is 6.77. The minimum absolute atomic E-state index is 0.0717. The van der Waals surface area contributed by atoms with Crippen molar-refractivity contribution in [3.8, 4) is 16.9 Å². The molecule has 4 rings (SSSR count). The lowest BCUT2D eigenvalue weighted by atomic mass is 9.99. The zero-order valence-electron chi connectivity index (χ0n) is 18.7. The predicted molar refractivity (Wildman–Crippen MR) is 137 cm³/mol. The van der Waals surface area contributed by atoms with Crippen LogP contribution in [0.5, 0.6) is 5.75 Å². The number of rotatable bonds is 6. The third-order valence-electron chi connectivity index (χ3n) is 5.43. The van der Waals surface area contributed by atoms with Crippen LogP contribution in [-0.4, -0.2) is 18.8 Å². The number of nitrogens with one attached hydrogen (secondary N) is 1. The van der Waals surface area contributed by atoms with Gasteiger partial charge in [0.15, 0.2) is 5.78 Å². The molecule has 0 aliphatic rings. The molecule has 0 spiro atoms. The molecule has 1 N–H and O–H groups in total. The fraction of sp³-hybridized carbons (Fsp3) is 0.111.